The van der Waals surface area contributed by atoms with Crippen molar-refractivity contribution in [2.24, 2.45) is 0 Å². The minimum Gasteiger partial charge on any atom is -0.480 e. The van der Waals surface area contributed by atoms with E-state index in [1.807, 2.05) is 42.8 Å². The van der Waals surface area contributed by atoms with E-state index in [9.17, 15) is 9.90 Å². The minimum absolute atomic E-state index is 0.579. The van der Waals surface area contributed by atoms with Gasteiger partial charge in [0, 0.05) is 43.5 Å². The zero-order valence-electron chi connectivity index (χ0n) is 15.0. The summed E-state index contributed by atoms with van der Waals surface area (Å²) in [6.45, 7) is 4.25. The molecule has 0 aliphatic carbocycles. The van der Waals surface area contributed by atoms with Crippen LogP contribution in [0.15, 0.2) is 53.7 Å². The van der Waals surface area contributed by atoms with Gasteiger partial charge in [0.1, 0.15) is 6.04 Å². The van der Waals surface area contributed by atoms with Gasteiger partial charge in [-0.2, -0.15) is 0 Å². The van der Waals surface area contributed by atoms with Crippen LogP contribution in [0.4, 0.5) is 0 Å². The summed E-state index contributed by atoms with van der Waals surface area (Å²) in [5.41, 5.74) is 2.05. The predicted octanol–water partition coefficient (Wildman–Crippen LogP) is 3.14. The van der Waals surface area contributed by atoms with Crippen molar-refractivity contribution in [3.05, 3.63) is 59.9 Å². The van der Waals surface area contributed by atoms with E-state index in [0.717, 1.165) is 49.6 Å². The molecule has 1 aliphatic rings. The van der Waals surface area contributed by atoms with Gasteiger partial charge in [-0.15, -0.1) is 11.8 Å². The van der Waals surface area contributed by atoms with Gasteiger partial charge < -0.3 is 5.11 Å². The molecule has 2 heterocycles. The first kappa shape index (κ1) is 18.9. The number of aromatic nitrogens is 1. The largest absolute Gasteiger partial charge is 0.480 e. The van der Waals surface area contributed by atoms with Gasteiger partial charge in [0.2, 0.25) is 0 Å². The first-order chi connectivity index (χ1) is 12.7. The lowest BCUT2D eigenvalue weighted by molar-refractivity contribution is -0.143. The molecule has 26 heavy (non-hydrogen) atoms. The molecule has 1 aromatic carbocycles. The van der Waals surface area contributed by atoms with Gasteiger partial charge in [-0.3, -0.25) is 19.6 Å². The van der Waals surface area contributed by atoms with E-state index < -0.39 is 12.0 Å². The quantitative estimate of drug-likeness (QED) is 0.788. The molecule has 1 aliphatic heterocycles. The average molecular weight is 372 g/mol. The maximum atomic E-state index is 12.0. The Balaban J connectivity index is 1.67. The van der Waals surface area contributed by atoms with Crippen molar-refractivity contribution in [1.29, 1.82) is 0 Å². The highest BCUT2D eigenvalue weighted by molar-refractivity contribution is 7.98. The lowest BCUT2D eigenvalue weighted by Crippen LogP contribution is -2.37. The first-order valence-corrected chi connectivity index (χ1v) is 10.1. The Morgan fingerprint density at radius 2 is 2.00 bits per heavy atom. The van der Waals surface area contributed by atoms with Crippen LogP contribution in [0.3, 0.4) is 0 Å². The fourth-order valence-electron chi connectivity index (χ4n) is 3.45. The molecule has 0 spiro atoms. The Hall–Kier alpha value is -1.89. The average Bonchev–Trinajstić information content (AvgIpc) is 2.89. The zero-order chi connectivity index (χ0) is 18.4. The molecule has 1 N–H and O–H groups in total. The van der Waals surface area contributed by atoms with Gasteiger partial charge in [0.05, 0.1) is 0 Å². The van der Waals surface area contributed by atoms with Crippen LogP contribution < -0.4 is 0 Å². The van der Waals surface area contributed by atoms with E-state index >= 15 is 0 Å². The van der Waals surface area contributed by atoms with Crippen LogP contribution in [-0.2, 0) is 11.3 Å². The fraction of sp³-hybridized carbons (Fsp3) is 0.400. The molecular weight excluding hydrogens is 346 g/mol. The highest BCUT2D eigenvalue weighted by Crippen LogP contribution is 2.25. The van der Waals surface area contributed by atoms with E-state index in [4.69, 9.17) is 0 Å². The van der Waals surface area contributed by atoms with Crippen molar-refractivity contribution in [3.8, 4) is 0 Å². The summed E-state index contributed by atoms with van der Waals surface area (Å²) >= 11 is 1.66. The first-order valence-electron chi connectivity index (χ1n) is 8.89. The number of nitrogens with zero attached hydrogens (tertiary/aromatic N) is 3. The fourth-order valence-corrected chi connectivity index (χ4v) is 3.86. The van der Waals surface area contributed by atoms with E-state index in [1.54, 1.807) is 18.0 Å². The molecule has 5 nitrogen and oxygen atoms in total. The van der Waals surface area contributed by atoms with Crippen LogP contribution >= 0.6 is 11.8 Å². The molecule has 0 bridgehead atoms. The number of rotatable bonds is 6. The molecule has 1 fully saturated rings. The predicted molar refractivity (Wildman–Crippen MR) is 104 cm³/mol. The third-order valence-corrected chi connectivity index (χ3v) is 5.53. The second-order valence-electron chi connectivity index (χ2n) is 6.54. The molecule has 3 rings (SSSR count). The summed E-state index contributed by atoms with van der Waals surface area (Å²) < 4.78 is 0. The minimum atomic E-state index is -0.775. The molecular formula is C20H25N3O2S. The number of pyridine rings is 1. The molecule has 0 amide bonds. The molecule has 138 valence electrons. The number of benzene rings is 1. The normalized spacial score (nSPS) is 17.6. The number of carboxylic acid groups (broad SMARTS) is 1. The van der Waals surface area contributed by atoms with Crippen LogP contribution in [0.2, 0.25) is 0 Å². The molecule has 1 atom stereocenters. The lowest BCUT2D eigenvalue weighted by Gasteiger charge is -2.28. The molecule has 0 radical (unpaired) electrons. The van der Waals surface area contributed by atoms with Crippen molar-refractivity contribution in [2.75, 3.05) is 32.4 Å². The van der Waals surface area contributed by atoms with E-state index in [-0.39, 0.29) is 0 Å². The third kappa shape index (κ3) is 4.84. The maximum absolute atomic E-state index is 12.0. The van der Waals surface area contributed by atoms with Crippen LogP contribution in [-0.4, -0.2) is 58.3 Å². The van der Waals surface area contributed by atoms with E-state index in [2.05, 4.69) is 20.9 Å². The Morgan fingerprint density at radius 1 is 1.19 bits per heavy atom. The van der Waals surface area contributed by atoms with Crippen molar-refractivity contribution >= 4 is 17.7 Å². The molecule has 2 aromatic rings. The van der Waals surface area contributed by atoms with Crippen LogP contribution in [0, 0.1) is 0 Å². The lowest BCUT2D eigenvalue weighted by atomic mass is 10.1. The summed E-state index contributed by atoms with van der Waals surface area (Å²) in [5, 5.41) is 9.83. The van der Waals surface area contributed by atoms with E-state index in [0.29, 0.717) is 0 Å². The highest BCUT2D eigenvalue weighted by atomic mass is 32.2. The Labute approximate surface area is 159 Å². The van der Waals surface area contributed by atoms with Gasteiger partial charge in [0.25, 0.3) is 0 Å². The standard InChI is InChI=1S/C20H25N3O2S/c1-26-18-7-5-17(6-8-18)19(20(24)25)23-11-3-10-22(12-13-23)15-16-4-2-9-21-14-16/h2,4-9,14,19H,3,10-13,15H2,1H3,(H,24,25). The van der Waals surface area contributed by atoms with Crippen molar-refractivity contribution in [2.45, 2.75) is 23.9 Å². The molecule has 1 aromatic heterocycles. The van der Waals surface area contributed by atoms with Crippen LogP contribution in [0.1, 0.15) is 23.6 Å². The van der Waals surface area contributed by atoms with Crippen LogP contribution in [0.5, 0.6) is 0 Å². The number of hydrogen-bond donors (Lipinski definition) is 1. The van der Waals surface area contributed by atoms with Crippen molar-refractivity contribution in [3.63, 3.8) is 0 Å². The third-order valence-electron chi connectivity index (χ3n) is 4.78. The zero-order valence-corrected chi connectivity index (χ0v) is 15.9. The maximum Gasteiger partial charge on any atom is 0.325 e. The smallest absolute Gasteiger partial charge is 0.325 e. The summed E-state index contributed by atoms with van der Waals surface area (Å²) in [7, 11) is 0. The second-order valence-corrected chi connectivity index (χ2v) is 7.42. The molecule has 1 unspecified atom stereocenters. The van der Waals surface area contributed by atoms with Gasteiger partial charge in [-0.1, -0.05) is 18.2 Å². The summed E-state index contributed by atoms with van der Waals surface area (Å²) in [6, 6.07) is 11.4. The van der Waals surface area contributed by atoms with E-state index in [1.165, 1.54) is 5.56 Å². The number of carbonyl (C=O) groups is 1. The molecule has 0 saturated carbocycles. The van der Waals surface area contributed by atoms with Gasteiger partial charge in [-0.25, -0.2) is 0 Å². The van der Waals surface area contributed by atoms with Gasteiger partial charge in [-0.05, 0) is 48.5 Å². The summed E-state index contributed by atoms with van der Waals surface area (Å²) in [6.07, 6.45) is 6.67. The van der Waals surface area contributed by atoms with Crippen molar-refractivity contribution in [1.82, 2.24) is 14.8 Å². The summed E-state index contributed by atoms with van der Waals surface area (Å²) in [4.78, 5) is 21.8. The van der Waals surface area contributed by atoms with Gasteiger partial charge in [0.15, 0.2) is 0 Å². The SMILES string of the molecule is CSc1ccc(C(C(=O)O)N2CCCN(Cc3cccnc3)CC2)cc1. The topological polar surface area (TPSA) is 56.7 Å². The van der Waals surface area contributed by atoms with Crippen molar-refractivity contribution < 1.29 is 9.90 Å². The molecule has 1 saturated heterocycles. The highest BCUT2D eigenvalue weighted by Gasteiger charge is 2.29. The second kappa shape index (κ2) is 9.16. The Morgan fingerprint density at radius 3 is 2.65 bits per heavy atom. The van der Waals surface area contributed by atoms with Crippen LogP contribution in [0.25, 0.3) is 0 Å². The molecule has 6 heteroatoms. The Bertz CT molecular complexity index is 709. The Kier molecular flexibility index (Phi) is 6.66. The number of aliphatic carboxylic acids is 1. The summed E-state index contributed by atoms with van der Waals surface area (Å²) in [5.74, 6) is -0.775. The van der Waals surface area contributed by atoms with Gasteiger partial charge >= 0.3 is 5.97 Å². The number of carboxylic acids is 1. The number of hydrogen-bond acceptors (Lipinski definition) is 5. The monoisotopic (exact) mass is 371 g/mol. The number of thioether (sulfide) groups is 1.